The van der Waals surface area contributed by atoms with E-state index in [1.807, 2.05) is 39.0 Å². The molecule has 0 saturated carbocycles. The smallest absolute Gasteiger partial charge is 0.223 e. The number of carbonyl (C=O) groups excluding carboxylic acids is 1. The van der Waals surface area contributed by atoms with Crippen molar-refractivity contribution in [2.24, 2.45) is 5.41 Å². The first kappa shape index (κ1) is 20.7. The first-order chi connectivity index (χ1) is 14.1. The van der Waals surface area contributed by atoms with E-state index in [0.29, 0.717) is 31.0 Å². The maximum absolute atomic E-state index is 12.9. The highest BCUT2D eigenvalue weighted by atomic mass is 32.2. The zero-order valence-electron chi connectivity index (χ0n) is 17.5. The number of carbonyl (C=O) groups is 1. The van der Waals surface area contributed by atoms with E-state index in [1.54, 1.807) is 17.3 Å². The third-order valence-corrected chi connectivity index (χ3v) is 7.63. The maximum atomic E-state index is 12.9. The number of anilines is 1. The fourth-order valence-electron chi connectivity index (χ4n) is 4.10. The normalized spacial score (nSPS) is 22.3. The van der Waals surface area contributed by atoms with Crippen molar-refractivity contribution in [2.75, 3.05) is 18.4 Å². The van der Waals surface area contributed by atoms with E-state index < -0.39 is 15.1 Å². The number of likely N-dealkylation sites (tertiary alicyclic amines) is 1. The molecule has 0 aliphatic carbocycles. The highest BCUT2D eigenvalue weighted by molar-refractivity contribution is 7.91. The van der Waals surface area contributed by atoms with Gasteiger partial charge < -0.3 is 10.2 Å². The van der Waals surface area contributed by atoms with Crippen LogP contribution in [0.3, 0.4) is 0 Å². The minimum Gasteiger partial charge on any atom is -0.349 e. The van der Waals surface area contributed by atoms with E-state index >= 15 is 0 Å². The Hall–Kier alpha value is -2.55. The molecule has 2 aromatic rings. The molecule has 0 unspecified atom stereocenters. The lowest BCUT2D eigenvalue weighted by atomic mass is 9.91. The average molecular weight is 430 g/mol. The van der Waals surface area contributed by atoms with Crippen LogP contribution in [-0.4, -0.2) is 52.5 Å². The summed E-state index contributed by atoms with van der Waals surface area (Å²) < 4.78 is 25.7. The lowest BCUT2D eigenvalue weighted by Gasteiger charge is -2.26. The molecule has 2 aliphatic heterocycles. The summed E-state index contributed by atoms with van der Waals surface area (Å²) in [5.74, 6) is 0.0416. The fourth-order valence-corrected chi connectivity index (χ4v) is 6.10. The third kappa shape index (κ3) is 4.30. The summed E-state index contributed by atoms with van der Waals surface area (Å²) in [4.78, 5) is 27.6. The van der Waals surface area contributed by atoms with Crippen molar-refractivity contribution in [3.05, 3.63) is 47.5 Å². The maximum Gasteiger partial charge on any atom is 0.223 e. The van der Waals surface area contributed by atoms with Crippen molar-refractivity contribution in [2.45, 2.75) is 50.7 Å². The molecule has 9 heteroatoms. The minimum atomic E-state index is -3.36. The van der Waals surface area contributed by atoms with Gasteiger partial charge >= 0.3 is 0 Å². The monoisotopic (exact) mass is 429 g/mol. The van der Waals surface area contributed by atoms with Crippen LogP contribution < -0.4 is 5.32 Å². The molecule has 0 spiro atoms. The lowest BCUT2D eigenvalue weighted by Crippen LogP contribution is -2.36. The zero-order valence-corrected chi connectivity index (χ0v) is 18.3. The van der Waals surface area contributed by atoms with Crippen molar-refractivity contribution in [3.8, 4) is 0 Å². The highest BCUT2D eigenvalue weighted by Gasteiger charge is 2.48. The third-order valence-electron chi connectivity index (χ3n) is 5.52. The molecule has 1 N–H and O–H groups in total. The molecule has 2 aliphatic rings. The molecule has 0 bridgehead atoms. The van der Waals surface area contributed by atoms with Gasteiger partial charge in [-0.2, -0.15) is 0 Å². The van der Waals surface area contributed by atoms with E-state index in [4.69, 9.17) is 0 Å². The predicted molar refractivity (Wildman–Crippen MR) is 113 cm³/mol. The number of sulfone groups is 1. The molecular weight excluding hydrogens is 402 g/mol. The van der Waals surface area contributed by atoms with E-state index in [0.717, 1.165) is 11.4 Å². The largest absolute Gasteiger partial charge is 0.349 e. The summed E-state index contributed by atoms with van der Waals surface area (Å²) in [6, 6.07) is 5.67. The van der Waals surface area contributed by atoms with E-state index in [2.05, 4.69) is 20.3 Å². The summed E-state index contributed by atoms with van der Waals surface area (Å²) in [6.07, 6.45) is 3.71. The van der Waals surface area contributed by atoms with Crippen LogP contribution in [0.1, 0.15) is 50.1 Å². The second-order valence-electron chi connectivity index (χ2n) is 9.27. The van der Waals surface area contributed by atoms with Crippen molar-refractivity contribution >= 4 is 21.7 Å². The van der Waals surface area contributed by atoms with Gasteiger partial charge in [0.15, 0.2) is 9.84 Å². The van der Waals surface area contributed by atoms with E-state index in [-0.39, 0.29) is 29.5 Å². The lowest BCUT2D eigenvalue weighted by molar-refractivity contribution is -0.132. The molecule has 0 radical (unpaired) electrons. The Morgan fingerprint density at radius 1 is 1.23 bits per heavy atom. The summed E-state index contributed by atoms with van der Waals surface area (Å²) in [6.45, 7) is 7.11. The Labute approximate surface area is 177 Å². The van der Waals surface area contributed by atoms with Crippen molar-refractivity contribution < 1.29 is 13.2 Å². The Morgan fingerprint density at radius 2 is 2.03 bits per heavy atom. The van der Waals surface area contributed by atoms with Crippen LogP contribution in [0.15, 0.2) is 30.6 Å². The zero-order chi connectivity index (χ0) is 21.5. The molecule has 0 aromatic carbocycles. The number of nitrogens with one attached hydrogen (secondary N) is 1. The van der Waals surface area contributed by atoms with E-state index in [9.17, 15) is 13.2 Å². The fraction of sp³-hybridized carbons (Fsp3) is 0.524. The number of fused-ring (bicyclic) bond motifs is 3. The Morgan fingerprint density at radius 3 is 2.73 bits per heavy atom. The Bertz CT molecular complexity index is 1050. The highest BCUT2D eigenvalue weighted by Crippen LogP contribution is 2.40. The number of amides is 1. The van der Waals surface area contributed by atoms with Gasteiger partial charge in [-0.25, -0.2) is 18.4 Å². The molecule has 160 valence electrons. The SMILES string of the molecule is CC(C)(C)CC(=O)N1C[C@@H]2c3nc(NCc4ccccn4)ncc3CS(=O)(=O)[C@@H]2C1. The van der Waals surface area contributed by atoms with Gasteiger partial charge in [0.2, 0.25) is 11.9 Å². The molecule has 4 heterocycles. The predicted octanol–water partition coefficient (Wildman–Crippen LogP) is 2.14. The van der Waals surface area contributed by atoms with E-state index in [1.165, 1.54) is 0 Å². The number of hydrogen-bond acceptors (Lipinski definition) is 7. The molecule has 1 amide bonds. The van der Waals surface area contributed by atoms with Gasteiger partial charge in [-0.15, -0.1) is 0 Å². The molecular formula is C21H27N5O3S. The second kappa shape index (κ2) is 7.61. The van der Waals surface area contributed by atoms with Crippen molar-refractivity contribution in [3.63, 3.8) is 0 Å². The molecule has 1 saturated heterocycles. The van der Waals surface area contributed by atoms with Crippen LogP contribution in [0, 0.1) is 5.41 Å². The quantitative estimate of drug-likeness (QED) is 0.794. The number of nitrogens with zero attached hydrogens (tertiary/aromatic N) is 4. The molecule has 8 nitrogen and oxygen atoms in total. The average Bonchev–Trinajstić information content (AvgIpc) is 3.13. The topological polar surface area (TPSA) is 105 Å². The summed E-state index contributed by atoms with van der Waals surface area (Å²) >= 11 is 0. The molecule has 2 aromatic heterocycles. The number of rotatable bonds is 4. The summed E-state index contributed by atoms with van der Waals surface area (Å²) in [5.41, 5.74) is 2.08. The van der Waals surface area contributed by atoms with Crippen LogP contribution in [0.5, 0.6) is 0 Å². The van der Waals surface area contributed by atoms with Crippen LogP contribution >= 0.6 is 0 Å². The molecule has 2 atom stereocenters. The molecule has 4 rings (SSSR count). The molecule has 1 fully saturated rings. The first-order valence-electron chi connectivity index (χ1n) is 10.1. The Balaban J connectivity index is 1.57. The number of aromatic nitrogens is 3. The van der Waals surface area contributed by atoms with Gasteiger partial charge in [-0.3, -0.25) is 9.78 Å². The van der Waals surface area contributed by atoms with Gasteiger partial charge in [0, 0.05) is 43.4 Å². The van der Waals surface area contributed by atoms with Crippen molar-refractivity contribution in [1.29, 1.82) is 0 Å². The van der Waals surface area contributed by atoms with Gasteiger partial charge in [0.05, 0.1) is 28.9 Å². The summed E-state index contributed by atoms with van der Waals surface area (Å²) in [5, 5.41) is 2.56. The Kier molecular flexibility index (Phi) is 5.25. The van der Waals surface area contributed by atoms with Crippen LogP contribution in [0.4, 0.5) is 5.95 Å². The first-order valence-corrected chi connectivity index (χ1v) is 11.8. The van der Waals surface area contributed by atoms with Gasteiger partial charge in [0.25, 0.3) is 0 Å². The van der Waals surface area contributed by atoms with Gasteiger partial charge in [-0.05, 0) is 17.5 Å². The van der Waals surface area contributed by atoms with Crippen LogP contribution in [0.2, 0.25) is 0 Å². The van der Waals surface area contributed by atoms with Gasteiger partial charge in [0.1, 0.15) is 0 Å². The van der Waals surface area contributed by atoms with Gasteiger partial charge in [-0.1, -0.05) is 26.8 Å². The summed E-state index contributed by atoms with van der Waals surface area (Å²) in [7, 11) is -3.36. The second-order valence-corrected chi connectivity index (χ2v) is 11.5. The van der Waals surface area contributed by atoms with Crippen LogP contribution in [0.25, 0.3) is 0 Å². The van der Waals surface area contributed by atoms with Crippen LogP contribution in [-0.2, 0) is 26.9 Å². The van der Waals surface area contributed by atoms with Crippen molar-refractivity contribution in [1.82, 2.24) is 19.9 Å². The number of pyridine rings is 1. The minimum absolute atomic E-state index is 0.00351. The number of hydrogen-bond donors (Lipinski definition) is 1. The standard InChI is InChI=1S/C21H27N5O3S/c1-21(2,3)8-18(27)26-11-16-17(12-26)30(28,29)13-14-9-23-20(25-19(14)16)24-10-15-6-4-5-7-22-15/h4-7,9,16-17H,8,10-13H2,1-3H3,(H,23,24,25)/t16-,17+/m0/s1. The molecule has 30 heavy (non-hydrogen) atoms.